The van der Waals surface area contributed by atoms with Crippen molar-refractivity contribution in [2.24, 2.45) is 0 Å². The highest BCUT2D eigenvalue weighted by Gasteiger charge is 2.22. The van der Waals surface area contributed by atoms with Crippen molar-refractivity contribution in [2.45, 2.75) is 6.92 Å². The molecular formula is C12H9BrFIN2O2. The predicted octanol–water partition coefficient (Wildman–Crippen LogP) is 3.56. The molecule has 100 valence electrons. The molecule has 0 aliphatic heterocycles. The van der Waals surface area contributed by atoms with Crippen molar-refractivity contribution in [3.05, 3.63) is 43.9 Å². The van der Waals surface area contributed by atoms with Crippen LogP contribution in [0.25, 0.3) is 5.69 Å². The fraction of sp³-hybridized carbons (Fsp3) is 0.167. The zero-order valence-electron chi connectivity index (χ0n) is 9.86. The van der Waals surface area contributed by atoms with E-state index in [1.54, 1.807) is 23.7 Å². The number of rotatable bonds is 3. The summed E-state index contributed by atoms with van der Waals surface area (Å²) in [5.41, 5.74) is 1.04. The highest BCUT2D eigenvalue weighted by molar-refractivity contribution is 14.1. The van der Waals surface area contributed by atoms with Crippen molar-refractivity contribution in [3.8, 4) is 5.69 Å². The molecule has 1 aromatic carbocycles. The Morgan fingerprint density at radius 1 is 1.47 bits per heavy atom. The van der Waals surface area contributed by atoms with E-state index in [9.17, 15) is 9.18 Å². The SMILES string of the molecule is CCOC(=O)c1c(Br)nn(-c2ccc(F)cc2)c1I. The molecule has 19 heavy (non-hydrogen) atoms. The van der Waals surface area contributed by atoms with E-state index in [1.807, 2.05) is 22.6 Å². The van der Waals surface area contributed by atoms with Crippen molar-refractivity contribution in [1.29, 1.82) is 0 Å². The summed E-state index contributed by atoms with van der Waals surface area (Å²) in [5, 5.41) is 4.22. The third-order valence-electron chi connectivity index (χ3n) is 2.34. The molecule has 0 saturated heterocycles. The Labute approximate surface area is 131 Å². The fourth-order valence-corrected chi connectivity index (χ4v) is 3.24. The van der Waals surface area contributed by atoms with Crippen LogP contribution in [-0.4, -0.2) is 22.4 Å². The second kappa shape index (κ2) is 6.00. The van der Waals surface area contributed by atoms with Crippen LogP contribution in [-0.2, 0) is 4.74 Å². The first-order valence-electron chi connectivity index (χ1n) is 5.41. The summed E-state index contributed by atoms with van der Waals surface area (Å²) < 4.78 is 20.4. The molecule has 1 aromatic heterocycles. The van der Waals surface area contributed by atoms with Gasteiger partial charge in [0.15, 0.2) is 0 Å². The van der Waals surface area contributed by atoms with E-state index in [-0.39, 0.29) is 5.82 Å². The first-order valence-corrected chi connectivity index (χ1v) is 7.28. The van der Waals surface area contributed by atoms with E-state index in [1.165, 1.54) is 12.1 Å². The second-order valence-electron chi connectivity index (χ2n) is 3.57. The highest BCUT2D eigenvalue weighted by Crippen LogP contribution is 2.25. The Morgan fingerprint density at radius 3 is 2.68 bits per heavy atom. The minimum absolute atomic E-state index is 0.295. The summed E-state index contributed by atoms with van der Waals surface area (Å²) in [6.07, 6.45) is 0. The number of hydrogen-bond acceptors (Lipinski definition) is 3. The summed E-state index contributed by atoms with van der Waals surface area (Å²) in [5.74, 6) is -0.761. The number of benzene rings is 1. The Kier molecular flexibility index (Phi) is 4.56. The smallest absolute Gasteiger partial charge is 0.343 e. The second-order valence-corrected chi connectivity index (χ2v) is 5.34. The van der Waals surface area contributed by atoms with Gasteiger partial charge in [-0.25, -0.2) is 13.9 Å². The van der Waals surface area contributed by atoms with Gasteiger partial charge in [-0.3, -0.25) is 0 Å². The third kappa shape index (κ3) is 2.97. The van der Waals surface area contributed by atoms with Crippen LogP contribution in [0.3, 0.4) is 0 Å². The van der Waals surface area contributed by atoms with Crippen molar-refractivity contribution in [1.82, 2.24) is 9.78 Å². The number of carbonyl (C=O) groups excluding carboxylic acids is 1. The van der Waals surface area contributed by atoms with Gasteiger partial charge in [-0.05, 0) is 69.7 Å². The lowest BCUT2D eigenvalue weighted by Crippen LogP contribution is -2.07. The van der Waals surface area contributed by atoms with Crippen LogP contribution in [0.15, 0.2) is 28.9 Å². The zero-order valence-corrected chi connectivity index (χ0v) is 13.6. The van der Waals surface area contributed by atoms with Gasteiger partial charge in [0.2, 0.25) is 0 Å². The summed E-state index contributed by atoms with van der Waals surface area (Å²) in [6, 6.07) is 5.85. The van der Waals surface area contributed by atoms with Gasteiger partial charge in [0.25, 0.3) is 0 Å². The van der Waals surface area contributed by atoms with Crippen LogP contribution in [0.5, 0.6) is 0 Å². The van der Waals surface area contributed by atoms with Gasteiger partial charge in [-0.1, -0.05) is 0 Å². The standard InChI is InChI=1S/C12H9BrFIN2O2/c1-2-19-12(18)9-10(13)16-17(11(9)15)8-5-3-7(14)4-6-8/h3-6H,2H2,1H3. The van der Waals surface area contributed by atoms with Crippen LogP contribution < -0.4 is 0 Å². The molecule has 4 nitrogen and oxygen atoms in total. The largest absolute Gasteiger partial charge is 0.462 e. The molecule has 0 radical (unpaired) electrons. The topological polar surface area (TPSA) is 44.1 Å². The Balaban J connectivity index is 2.46. The molecule has 0 saturated carbocycles. The lowest BCUT2D eigenvalue weighted by molar-refractivity contribution is 0.0524. The number of ether oxygens (including phenoxy) is 1. The molecule has 0 bridgehead atoms. The maximum atomic E-state index is 12.9. The van der Waals surface area contributed by atoms with E-state index in [0.29, 0.717) is 26.2 Å². The van der Waals surface area contributed by atoms with Gasteiger partial charge in [-0.15, -0.1) is 0 Å². The van der Waals surface area contributed by atoms with Gasteiger partial charge >= 0.3 is 5.97 Å². The van der Waals surface area contributed by atoms with Crippen molar-refractivity contribution in [3.63, 3.8) is 0 Å². The van der Waals surface area contributed by atoms with Crippen LogP contribution in [0.1, 0.15) is 17.3 Å². The van der Waals surface area contributed by atoms with Crippen molar-refractivity contribution in [2.75, 3.05) is 6.61 Å². The van der Waals surface area contributed by atoms with Gasteiger partial charge in [0.1, 0.15) is 19.7 Å². The van der Waals surface area contributed by atoms with Crippen molar-refractivity contribution >= 4 is 44.5 Å². The maximum Gasteiger partial charge on any atom is 0.343 e. The fourth-order valence-electron chi connectivity index (χ4n) is 1.50. The molecule has 0 fully saturated rings. The van der Waals surface area contributed by atoms with E-state index < -0.39 is 5.97 Å². The monoisotopic (exact) mass is 438 g/mol. The van der Waals surface area contributed by atoms with E-state index in [2.05, 4.69) is 21.0 Å². The van der Waals surface area contributed by atoms with Gasteiger partial charge in [-0.2, -0.15) is 5.10 Å². The molecule has 0 N–H and O–H groups in total. The molecule has 1 heterocycles. The van der Waals surface area contributed by atoms with E-state index in [4.69, 9.17) is 4.74 Å². The maximum absolute atomic E-state index is 12.9. The average Bonchev–Trinajstić information content (AvgIpc) is 2.66. The van der Waals surface area contributed by atoms with Gasteiger partial charge < -0.3 is 4.74 Å². The number of halogens is 3. The first kappa shape index (κ1) is 14.4. The normalized spacial score (nSPS) is 10.5. The average molecular weight is 439 g/mol. The number of carbonyl (C=O) groups is 1. The summed E-state index contributed by atoms with van der Waals surface area (Å²) in [7, 11) is 0. The lowest BCUT2D eigenvalue weighted by atomic mass is 10.3. The first-order chi connectivity index (χ1) is 9.04. The van der Waals surface area contributed by atoms with E-state index in [0.717, 1.165) is 0 Å². The van der Waals surface area contributed by atoms with Crippen molar-refractivity contribution < 1.29 is 13.9 Å². The molecule has 7 heteroatoms. The van der Waals surface area contributed by atoms with Crippen LogP contribution in [0.2, 0.25) is 0 Å². The van der Waals surface area contributed by atoms with Gasteiger partial charge in [0.05, 0.1) is 12.3 Å². The molecule has 0 spiro atoms. The molecule has 0 unspecified atom stereocenters. The molecule has 2 aromatic rings. The number of aromatic nitrogens is 2. The Morgan fingerprint density at radius 2 is 2.11 bits per heavy atom. The van der Waals surface area contributed by atoms with Crippen LogP contribution in [0, 0.1) is 9.52 Å². The minimum atomic E-state index is -0.438. The Bertz CT molecular complexity index is 613. The lowest BCUT2D eigenvalue weighted by Gasteiger charge is -2.03. The van der Waals surface area contributed by atoms with E-state index >= 15 is 0 Å². The molecule has 0 atom stereocenters. The number of nitrogens with zero attached hydrogens (tertiary/aromatic N) is 2. The summed E-state index contributed by atoms with van der Waals surface area (Å²) in [6.45, 7) is 2.03. The van der Waals surface area contributed by atoms with Gasteiger partial charge in [0, 0.05) is 0 Å². The predicted molar refractivity (Wildman–Crippen MR) is 79.9 cm³/mol. The summed E-state index contributed by atoms with van der Waals surface area (Å²) in [4.78, 5) is 11.8. The zero-order chi connectivity index (χ0) is 14.0. The van der Waals surface area contributed by atoms with Crippen LogP contribution >= 0.6 is 38.5 Å². The highest BCUT2D eigenvalue weighted by atomic mass is 127. The van der Waals surface area contributed by atoms with Crippen LogP contribution in [0.4, 0.5) is 4.39 Å². The molecular weight excluding hydrogens is 430 g/mol. The summed E-state index contributed by atoms with van der Waals surface area (Å²) >= 11 is 5.24. The quantitative estimate of drug-likeness (QED) is 0.543. The molecule has 0 aliphatic rings. The minimum Gasteiger partial charge on any atom is -0.462 e. The Hall–Kier alpha value is -0.960. The molecule has 0 amide bonds. The third-order valence-corrected chi connectivity index (χ3v) is 3.89. The number of esters is 1. The molecule has 2 rings (SSSR count). The molecule has 0 aliphatic carbocycles. The number of hydrogen-bond donors (Lipinski definition) is 0.